The lowest BCUT2D eigenvalue weighted by atomic mass is 9.92. The average Bonchev–Trinajstić information content (AvgIpc) is 3.71. The van der Waals surface area contributed by atoms with E-state index in [0.717, 1.165) is 45.7 Å². The first-order valence-corrected chi connectivity index (χ1v) is 18.7. The van der Waals surface area contributed by atoms with Crippen LogP contribution in [0.4, 0.5) is 0 Å². The Kier molecular flexibility index (Phi) is 6.80. The molecule has 1 unspecified atom stereocenters. The quantitative estimate of drug-likeness (QED) is 0.176. The fourth-order valence-electron chi connectivity index (χ4n) is 8.87. The number of fused-ring (bicyclic) bond motifs is 11. The molecular formula is C50H36N4. The van der Waals surface area contributed by atoms with Gasteiger partial charge in [0, 0.05) is 50.0 Å². The Balaban J connectivity index is 1.16. The smallest absolute Gasteiger partial charge is 0.0658 e. The zero-order valence-electron chi connectivity index (χ0n) is 29.6. The van der Waals surface area contributed by atoms with Crippen LogP contribution in [0, 0.1) is 0 Å². The lowest BCUT2D eigenvalue weighted by molar-refractivity contribution is 0.718. The molecule has 3 N–H and O–H groups in total. The third-order valence-corrected chi connectivity index (χ3v) is 11.3. The van der Waals surface area contributed by atoms with Crippen molar-refractivity contribution in [2.45, 2.75) is 12.5 Å². The van der Waals surface area contributed by atoms with Crippen molar-refractivity contribution < 1.29 is 0 Å². The summed E-state index contributed by atoms with van der Waals surface area (Å²) in [6.07, 6.45) is 9.50. The molecular weight excluding hydrogens is 657 g/mol. The van der Waals surface area contributed by atoms with Gasteiger partial charge in [-0.2, -0.15) is 0 Å². The van der Waals surface area contributed by atoms with E-state index in [-0.39, 0.29) is 6.04 Å². The van der Waals surface area contributed by atoms with Crippen LogP contribution in [0.15, 0.2) is 182 Å². The van der Waals surface area contributed by atoms with Gasteiger partial charge in [0.2, 0.25) is 0 Å². The highest BCUT2D eigenvalue weighted by atomic mass is 15.0. The van der Waals surface area contributed by atoms with E-state index in [4.69, 9.17) is 5.73 Å². The Labute approximate surface area is 313 Å². The molecule has 4 nitrogen and oxygen atoms in total. The van der Waals surface area contributed by atoms with Crippen molar-refractivity contribution in [3.8, 4) is 33.6 Å². The highest BCUT2D eigenvalue weighted by Gasteiger charge is 2.26. The van der Waals surface area contributed by atoms with Crippen molar-refractivity contribution in [2.24, 2.45) is 5.73 Å². The lowest BCUT2D eigenvalue weighted by Crippen LogP contribution is -2.28. The predicted molar refractivity (Wildman–Crippen MR) is 227 cm³/mol. The van der Waals surface area contributed by atoms with Crippen molar-refractivity contribution in [2.75, 3.05) is 0 Å². The summed E-state index contributed by atoms with van der Waals surface area (Å²) in [6, 6.07) is 57.3. The van der Waals surface area contributed by atoms with Gasteiger partial charge in [0.25, 0.3) is 0 Å². The number of hydrogen-bond donors (Lipinski definition) is 2. The van der Waals surface area contributed by atoms with Gasteiger partial charge in [0.15, 0.2) is 0 Å². The van der Waals surface area contributed by atoms with E-state index < -0.39 is 0 Å². The van der Waals surface area contributed by atoms with Gasteiger partial charge in [-0.3, -0.25) is 0 Å². The van der Waals surface area contributed by atoms with Crippen LogP contribution in [0.3, 0.4) is 0 Å². The normalized spacial score (nSPS) is 15.0. The molecule has 3 heterocycles. The van der Waals surface area contributed by atoms with Crippen LogP contribution in [-0.2, 0) is 0 Å². The van der Waals surface area contributed by atoms with Gasteiger partial charge in [0.1, 0.15) is 0 Å². The van der Waals surface area contributed by atoms with Gasteiger partial charge >= 0.3 is 0 Å². The fourth-order valence-corrected chi connectivity index (χ4v) is 8.87. The van der Waals surface area contributed by atoms with Gasteiger partial charge in [-0.05, 0) is 65.6 Å². The molecule has 11 rings (SSSR count). The monoisotopic (exact) mass is 692 g/mol. The van der Waals surface area contributed by atoms with Crippen LogP contribution in [0.1, 0.15) is 17.5 Å². The Morgan fingerprint density at radius 2 is 1.19 bits per heavy atom. The molecule has 7 aromatic carbocycles. The molecule has 9 aromatic rings. The van der Waals surface area contributed by atoms with E-state index in [1.807, 2.05) is 6.07 Å². The largest absolute Gasteiger partial charge is 0.397 e. The van der Waals surface area contributed by atoms with Crippen molar-refractivity contribution in [1.82, 2.24) is 14.5 Å². The topological polar surface area (TPSA) is 47.9 Å². The summed E-state index contributed by atoms with van der Waals surface area (Å²) in [6.45, 7) is 0. The molecule has 1 aliphatic heterocycles. The van der Waals surface area contributed by atoms with Crippen molar-refractivity contribution >= 4 is 55.0 Å². The van der Waals surface area contributed by atoms with Gasteiger partial charge in [0.05, 0.1) is 39.1 Å². The Morgan fingerprint density at radius 1 is 0.519 bits per heavy atom. The van der Waals surface area contributed by atoms with E-state index in [1.165, 1.54) is 60.5 Å². The van der Waals surface area contributed by atoms with Crippen LogP contribution in [-0.4, -0.2) is 15.2 Å². The van der Waals surface area contributed by atoms with E-state index in [9.17, 15) is 0 Å². The lowest BCUT2D eigenvalue weighted by Gasteiger charge is -2.22. The minimum absolute atomic E-state index is 0.161. The van der Waals surface area contributed by atoms with Crippen LogP contribution in [0.2, 0.25) is 0 Å². The summed E-state index contributed by atoms with van der Waals surface area (Å²) in [4.78, 5) is 0. The molecule has 2 aromatic heterocycles. The molecule has 0 fully saturated rings. The molecule has 2 aliphatic rings. The molecule has 0 saturated carbocycles. The summed E-state index contributed by atoms with van der Waals surface area (Å²) < 4.78 is 4.89. The van der Waals surface area contributed by atoms with Gasteiger partial charge in [-0.1, -0.05) is 140 Å². The third-order valence-electron chi connectivity index (χ3n) is 11.3. The number of nitrogens with one attached hydrogen (secondary N) is 1. The SMILES string of the molecule is N/C(=C(\NC1C=CC=CC1)c1ccccc1)c1cccc(-n2c3ccccc3c3cc4c(cc32)-c2ccccc2-n2c3ccccc3c3cccc-4c32)c1. The maximum absolute atomic E-state index is 7.17. The highest BCUT2D eigenvalue weighted by Crippen LogP contribution is 2.49. The number of aromatic nitrogens is 2. The number of nitrogens with two attached hydrogens (primary N) is 1. The van der Waals surface area contributed by atoms with Crippen molar-refractivity contribution in [1.29, 1.82) is 0 Å². The molecule has 54 heavy (non-hydrogen) atoms. The van der Waals surface area contributed by atoms with E-state index >= 15 is 0 Å². The van der Waals surface area contributed by atoms with Gasteiger partial charge < -0.3 is 20.2 Å². The van der Waals surface area contributed by atoms with Crippen LogP contribution in [0.25, 0.3) is 88.6 Å². The summed E-state index contributed by atoms with van der Waals surface area (Å²) in [5.41, 5.74) is 22.9. The third kappa shape index (κ3) is 4.56. The van der Waals surface area contributed by atoms with Crippen molar-refractivity contribution in [3.63, 3.8) is 0 Å². The first-order chi connectivity index (χ1) is 26.7. The second-order valence-corrected chi connectivity index (χ2v) is 14.3. The minimum atomic E-state index is 0.161. The second-order valence-electron chi connectivity index (χ2n) is 14.3. The Hall–Kier alpha value is -7.04. The average molecular weight is 693 g/mol. The molecule has 0 saturated heterocycles. The molecule has 0 bridgehead atoms. The van der Waals surface area contributed by atoms with Crippen LogP contribution < -0.4 is 11.1 Å². The number of para-hydroxylation sites is 4. The molecule has 256 valence electrons. The summed E-state index contributed by atoms with van der Waals surface area (Å²) in [7, 11) is 0. The molecule has 0 amide bonds. The molecule has 1 aliphatic carbocycles. The summed E-state index contributed by atoms with van der Waals surface area (Å²) in [5.74, 6) is 0. The summed E-state index contributed by atoms with van der Waals surface area (Å²) >= 11 is 0. The van der Waals surface area contributed by atoms with E-state index in [1.54, 1.807) is 0 Å². The molecule has 0 radical (unpaired) electrons. The van der Waals surface area contributed by atoms with Gasteiger partial charge in [-0.25, -0.2) is 0 Å². The number of nitrogens with zero attached hydrogens (tertiary/aromatic N) is 2. The zero-order chi connectivity index (χ0) is 35.8. The predicted octanol–water partition coefficient (Wildman–Crippen LogP) is 11.8. The van der Waals surface area contributed by atoms with E-state index in [0.29, 0.717) is 0 Å². The van der Waals surface area contributed by atoms with Gasteiger partial charge in [-0.15, -0.1) is 0 Å². The van der Waals surface area contributed by atoms with E-state index in [2.05, 4.69) is 190 Å². The number of allylic oxidation sites excluding steroid dienone is 2. The first kappa shape index (κ1) is 30.6. The molecule has 1 atom stereocenters. The maximum Gasteiger partial charge on any atom is 0.0658 e. The number of rotatable bonds is 5. The van der Waals surface area contributed by atoms with Crippen LogP contribution >= 0.6 is 0 Å². The molecule has 0 spiro atoms. The summed E-state index contributed by atoms with van der Waals surface area (Å²) in [5, 5.41) is 8.76. The minimum Gasteiger partial charge on any atom is -0.397 e. The number of hydrogen-bond acceptors (Lipinski definition) is 2. The molecule has 4 heteroatoms. The second kappa shape index (κ2) is 12.0. The standard InChI is InChI=1S/C50H36N4/c51-48(49(32-15-3-1-4-16-32)52-34-18-5-2-6-19-34)33-17-13-20-35(29-33)53-44-26-10-9-23-38(44)43-30-41-40-25-14-24-39-36-21-7-11-27-45(36)54(50(39)40)46-28-12-8-22-37(46)42(41)31-47(43)53/h1-18,20-31,34,52H,19,51H2/b49-48-. The Morgan fingerprint density at radius 3 is 2.02 bits per heavy atom. The zero-order valence-corrected chi connectivity index (χ0v) is 29.6. The van der Waals surface area contributed by atoms with Crippen molar-refractivity contribution in [3.05, 3.63) is 193 Å². The highest BCUT2D eigenvalue weighted by molar-refractivity contribution is 6.19. The number of benzene rings is 7. The van der Waals surface area contributed by atoms with Crippen LogP contribution in [0.5, 0.6) is 0 Å². The maximum atomic E-state index is 7.17. The first-order valence-electron chi connectivity index (χ1n) is 18.7. The Bertz CT molecular complexity index is 3060. The fraction of sp³-hybridized carbons (Fsp3) is 0.0400.